The fraction of sp³-hybridized carbons (Fsp3) is 0.375. The van der Waals surface area contributed by atoms with E-state index >= 15 is 0 Å². The highest BCUT2D eigenvalue weighted by Crippen LogP contribution is 2.49. The summed E-state index contributed by atoms with van der Waals surface area (Å²) in [7, 11) is 4.90. The highest BCUT2D eigenvalue weighted by atomic mass is 19.4. The monoisotopic (exact) mass is 376 g/mol. The Kier molecular flexibility index (Phi) is 5.06. The number of methoxy groups -OCH3 is 4. The molecule has 0 aliphatic heterocycles. The van der Waals surface area contributed by atoms with Gasteiger partial charge in [0.15, 0.2) is 17.3 Å². The number of ketones is 1. The van der Waals surface area contributed by atoms with Gasteiger partial charge in [0.2, 0.25) is 5.76 Å². The number of benzene rings is 1. The van der Waals surface area contributed by atoms with Gasteiger partial charge >= 0.3 is 12.1 Å². The van der Waals surface area contributed by atoms with Crippen molar-refractivity contribution < 1.29 is 46.4 Å². The number of halogens is 3. The third kappa shape index (κ3) is 2.80. The second kappa shape index (κ2) is 6.77. The van der Waals surface area contributed by atoms with Crippen LogP contribution in [0, 0.1) is 0 Å². The predicted molar refractivity (Wildman–Crippen MR) is 79.4 cm³/mol. The second-order valence-electron chi connectivity index (χ2n) is 5.03. The number of hydrogen-bond acceptors (Lipinski definition) is 7. The summed E-state index contributed by atoms with van der Waals surface area (Å²) >= 11 is 0. The molecule has 1 aliphatic carbocycles. The third-order valence-electron chi connectivity index (χ3n) is 3.73. The van der Waals surface area contributed by atoms with Crippen LogP contribution >= 0.6 is 0 Å². The second-order valence-corrected chi connectivity index (χ2v) is 5.03. The number of hydrogen-bond donors (Lipinski definition) is 0. The van der Waals surface area contributed by atoms with Crippen LogP contribution < -0.4 is 9.47 Å². The molecule has 0 saturated heterocycles. The molecule has 26 heavy (non-hydrogen) atoms. The number of carbonyl (C=O) groups excluding carboxylic acids is 2. The lowest BCUT2D eigenvalue weighted by atomic mass is 9.76. The fourth-order valence-corrected chi connectivity index (χ4v) is 2.55. The average molecular weight is 376 g/mol. The first-order chi connectivity index (χ1) is 12.2. The minimum atomic E-state index is -5.31. The Hall–Kier alpha value is -2.91. The molecule has 1 atom stereocenters. The number of rotatable bonds is 6. The minimum Gasteiger partial charge on any atom is -0.493 e. The van der Waals surface area contributed by atoms with Gasteiger partial charge in [0, 0.05) is 5.56 Å². The van der Waals surface area contributed by atoms with Gasteiger partial charge in [-0.25, -0.2) is 4.79 Å². The summed E-state index contributed by atoms with van der Waals surface area (Å²) in [5.41, 5.74) is -2.55. The van der Waals surface area contributed by atoms with Crippen molar-refractivity contribution in [3.8, 4) is 11.5 Å². The van der Waals surface area contributed by atoms with Gasteiger partial charge in [0.25, 0.3) is 11.4 Å². The van der Waals surface area contributed by atoms with E-state index in [-0.39, 0.29) is 28.6 Å². The molecule has 0 heterocycles. The number of alkyl halides is 3. The molecule has 0 spiro atoms. The molecule has 1 aromatic carbocycles. The third-order valence-corrected chi connectivity index (χ3v) is 3.73. The van der Waals surface area contributed by atoms with Crippen molar-refractivity contribution >= 4 is 11.8 Å². The summed E-state index contributed by atoms with van der Waals surface area (Å²) in [4.78, 5) is 24.0. The Bertz CT molecular complexity index is 770. The van der Waals surface area contributed by atoms with E-state index in [1.807, 2.05) is 0 Å². The van der Waals surface area contributed by atoms with Crippen molar-refractivity contribution in [1.82, 2.24) is 0 Å². The molecule has 0 aromatic heterocycles. The molecule has 2 rings (SSSR count). The maximum absolute atomic E-state index is 12.7. The lowest BCUT2D eigenvalue weighted by Gasteiger charge is -2.40. The smallest absolute Gasteiger partial charge is 0.490 e. The van der Waals surface area contributed by atoms with Crippen LogP contribution in [0.4, 0.5) is 13.2 Å². The molecule has 1 aromatic rings. The SMILES string of the molecule is COC1=C(OC)C(OC(=O)C(F)(F)F)(c2ccc(OC)c(OC)c2)C1=O. The van der Waals surface area contributed by atoms with Gasteiger partial charge in [-0.2, -0.15) is 13.2 Å². The number of ether oxygens (including phenoxy) is 5. The van der Waals surface area contributed by atoms with Crippen molar-refractivity contribution in [2.45, 2.75) is 11.8 Å². The molecule has 10 heteroatoms. The van der Waals surface area contributed by atoms with E-state index in [0.29, 0.717) is 0 Å². The van der Waals surface area contributed by atoms with Crippen LogP contribution in [-0.4, -0.2) is 46.4 Å². The van der Waals surface area contributed by atoms with E-state index in [9.17, 15) is 22.8 Å². The molecule has 1 unspecified atom stereocenters. The molecule has 0 fully saturated rings. The number of carbonyl (C=O) groups is 2. The quantitative estimate of drug-likeness (QED) is 0.704. The summed E-state index contributed by atoms with van der Waals surface area (Å²) in [6.07, 6.45) is -5.31. The number of esters is 1. The molecule has 1 aliphatic rings. The van der Waals surface area contributed by atoms with Crippen molar-refractivity contribution in [2.24, 2.45) is 0 Å². The van der Waals surface area contributed by atoms with Gasteiger partial charge in [0.05, 0.1) is 28.4 Å². The molecule has 7 nitrogen and oxygen atoms in total. The van der Waals surface area contributed by atoms with E-state index < -0.39 is 23.5 Å². The van der Waals surface area contributed by atoms with Crippen LogP contribution in [0.1, 0.15) is 5.56 Å². The molecule has 142 valence electrons. The Morgan fingerprint density at radius 2 is 1.58 bits per heavy atom. The molecule has 0 radical (unpaired) electrons. The van der Waals surface area contributed by atoms with Gasteiger partial charge in [-0.15, -0.1) is 0 Å². The largest absolute Gasteiger partial charge is 0.493 e. The van der Waals surface area contributed by atoms with Gasteiger partial charge in [-0.1, -0.05) is 6.07 Å². The van der Waals surface area contributed by atoms with Crippen LogP contribution in [-0.2, 0) is 29.4 Å². The summed E-state index contributed by atoms with van der Waals surface area (Å²) in [5.74, 6) is -3.89. The first kappa shape index (κ1) is 19.4. The first-order valence-electron chi connectivity index (χ1n) is 7.07. The van der Waals surface area contributed by atoms with Gasteiger partial charge in [-0.05, 0) is 12.1 Å². The average Bonchev–Trinajstić information content (AvgIpc) is 2.61. The Balaban J connectivity index is 2.66. The molecule has 0 saturated carbocycles. The lowest BCUT2D eigenvalue weighted by Crippen LogP contribution is -2.54. The van der Waals surface area contributed by atoms with Crippen LogP contribution in [0.15, 0.2) is 29.7 Å². The lowest BCUT2D eigenvalue weighted by molar-refractivity contribution is -0.217. The Morgan fingerprint density at radius 1 is 0.962 bits per heavy atom. The van der Waals surface area contributed by atoms with Crippen LogP contribution in [0.2, 0.25) is 0 Å². The van der Waals surface area contributed by atoms with Gasteiger partial charge < -0.3 is 23.7 Å². The van der Waals surface area contributed by atoms with E-state index in [2.05, 4.69) is 4.74 Å². The van der Waals surface area contributed by atoms with Crippen LogP contribution in [0.3, 0.4) is 0 Å². The highest BCUT2D eigenvalue weighted by molar-refractivity contribution is 6.11. The normalized spacial score (nSPS) is 19.6. The van der Waals surface area contributed by atoms with E-state index in [4.69, 9.17) is 18.9 Å². The molecule has 0 amide bonds. The predicted octanol–water partition coefficient (Wildman–Crippen LogP) is 2.09. The standard InChI is InChI=1S/C16H15F3O7/c1-22-9-6-5-8(7-10(9)23-2)15(26-14(21)16(17,18)19)12(20)11(24-3)13(15)25-4/h5-7H,1-4H3. The van der Waals surface area contributed by atoms with Gasteiger partial charge in [0.1, 0.15) is 0 Å². The summed E-state index contributed by atoms with van der Waals surface area (Å²) in [6.45, 7) is 0. The van der Waals surface area contributed by atoms with Crippen molar-refractivity contribution in [3.63, 3.8) is 0 Å². The molecule has 0 N–H and O–H groups in total. The maximum atomic E-state index is 12.7. The Morgan fingerprint density at radius 3 is 2.04 bits per heavy atom. The van der Waals surface area contributed by atoms with E-state index in [1.165, 1.54) is 32.4 Å². The summed E-state index contributed by atoms with van der Waals surface area (Å²) < 4.78 is 62.7. The zero-order chi connectivity index (χ0) is 19.7. The van der Waals surface area contributed by atoms with Gasteiger partial charge in [-0.3, -0.25) is 4.79 Å². The van der Waals surface area contributed by atoms with Crippen molar-refractivity contribution in [2.75, 3.05) is 28.4 Å². The van der Waals surface area contributed by atoms with Crippen molar-refractivity contribution in [3.05, 3.63) is 35.3 Å². The van der Waals surface area contributed by atoms with Crippen LogP contribution in [0.25, 0.3) is 0 Å². The molecule has 0 bridgehead atoms. The van der Waals surface area contributed by atoms with E-state index in [0.717, 1.165) is 14.2 Å². The summed E-state index contributed by atoms with van der Waals surface area (Å²) in [5, 5.41) is 0. The fourth-order valence-electron chi connectivity index (χ4n) is 2.55. The maximum Gasteiger partial charge on any atom is 0.490 e. The molecular weight excluding hydrogens is 361 g/mol. The summed E-state index contributed by atoms with van der Waals surface area (Å²) in [6, 6.07) is 3.82. The highest BCUT2D eigenvalue weighted by Gasteiger charge is 2.64. The van der Waals surface area contributed by atoms with Crippen LogP contribution in [0.5, 0.6) is 11.5 Å². The van der Waals surface area contributed by atoms with E-state index in [1.54, 1.807) is 0 Å². The Labute approximate surface area is 146 Å². The number of Topliss-reactive ketones (excluding diaryl/α,β-unsaturated/α-hetero) is 1. The van der Waals surface area contributed by atoms with Crippen molar-refractivity contribution in [1.29, 1.82) is 0 Å². The molecular formula is C16H15F3O7. The zero-order valence-electron chi connectivity index (χ0n) is 14.2. The minimum absolute atomic E-state index is 0.113. The topological polar surface area (TPSA) is 80.3 Å². The zero-order valence-corrected chi connectivity index (χ0v) is 14.2. The first-order valence-corrected chi connectivity index (χ1v) is 7.07.